The molecule has 0 radical (unpaired) electrons. The van der Waals surface area contributed by atoms with E-state index in [1.165, 1.54) is 0 Å². The average molecular weight is 261 g/mol. The molecule has 4 nitrogen and oxygen atoms in total. The number of nitrogens with one attached hydrogen (secondary N) is 1. The monoisotopic (exact) mass is 261 g/mol. The van der Waals surface area contributed by atoms with Crippen molar-refractivity contribution < 1.29 is 13.2 Å². The molecular weight excluding hydrogens is 238 g/mol. The molecule has 2 aliphatic heterocycles. The lowest BCUT2D eigenvalue weighted by Crippen LogP contribution is -2.38. The summed E-state index contributed by atoms with van der Waals surface area (Å²) in [4.78, 5) is 0. The van der Waals surface area contributed by atoms with Crippen LogP contribution in [0.5, 0.6) is 0 Å². The molecule has 0 aromatic carbocycles. The minimum absolute atomic E-state index is 0.352. The number of hydrogen-bond donors (Lipinski definition) is 1. The molecule has 0 aromatic heterocycles. The van der Waals surface area contributed by atoms with Gasteiger partial charge < -0.3 is 10.1 Å². The Morgan fingerprint density at radius 3 is 2.76 bits per heavy atom. The molecule has 2 saturated heterocycles. The highest BCUT2D eigenvalue weighted by atomic mass is 32.2. The van der Waals surface area contributed by atoms with E-state index in [-0.39, 0.29) is 0 Å². The van der Waals surface area contributed by atoms with Crippen molar-refractivity contribution in [2.24, 2.45) is 11.8 Å². The van der Waals surface area contributed by atoms with Gasteiger partial charge in [-0.2, -0.15) is 0 Å². The standard InChI is InChI=1S/C12H23NO3S/c1-2-13-12(11-3-5-16-8-11)7-10-4-6-17(14,15)9-10/h10-13H,2-9H2,1H3. The van der Waals surface area contributed by atoms with Crippen molar-refractivity contribution in [2.75, 3.05) is 31.3 Å². The van der Waals surface area contributed by atoms with Crippen LogP contribution in [0.1, 0.15) is 26.2 Å². The molecule has 2 aliphatic rings. The Morgan fingerprint density at radius 2 is 2.24 bits per heavy atom. The first-order valence-corrected chi connectivity index (χ1v) is 8.44. The molecule has 17 heavy (non-hydrogen) atoms. The second kappa shape index (κ2) is 5.67. The molecule has 2 fully saturated rings. The minimum atomic E-state index is -2.74. The molecule has 0 aliphatic carbocycles. The summed E-state index contributed by atoms with van der Waals surface area (Å²) in [6.45, 7) is 4.74. The summed E-state index contributed by atoms with van der Waals surface area (Å²) in [5, 5.41) is 3.50. The summed E-state index contributed by atoms with van der Waals surface area (Å²) in [6, 6.07) is 0.431. The molecule has 0 spiro atoms. The molecule has 2 heterocycles. The van der Waals surface area contributed by atoms with Crippen LogP contribution in [0.15, 0.2) is 0 Å². The summed E-state index contributed by atoms with van der Waals surface area (Å²) in [5.41, 5.74) is 0. The van der Waals surface area contributed by atoms with Crippen LogP contribution in [0.4, 0.5) is 0 Å². The van der Waals surface area contributed by atoms with Gasteiger partial charge in [0, 0.05) is 12.6 Å². The van der Waals surface area contributed by atoms with Gasteiger partial charge in [-0.05, 0) is 37.6 Å². The average Bonchev–Trinajstić information content (AvgIpc) is 2.87. The van der Waals surface area contributed by atoms with E-state index in [9.17, 15) is 8.42 Å². The van der Waals surface area contributed by atoms with Crippen molar-refractivity contribution in [3.63, 3.8) is 0 Å². The van der Waals surface area contributed by atoms with E-state index in [4.69, 9.17) is 4.74 Å². The van der Waals surface area contributed by atoms with Gasteiger partial charge in [0.25, 0.3) is 0 Å². The van der Waals surface area contributed by atoms with Gasteiger partial charge >= 0.3 is 0 Å². The van der Waals surface area contributed by atoms with Crippen LogP contribution in [-0.2, 0) is 14.6 Å². The zero-order valence-electron chi connectivity index (χ0n) is 10.5. The van der Waals surface area contributed by atoms with Crippen molar-refractivity contribution in [1.29, 1.82) is 0 Å². The fourth-order valence-electron chi connectivity index (χ4n) is 2.99. The fraction of sp³-hybridized carbons (Fsp3) is 1.00. The molecule has 3 unspecified atom stereocenters. The van der Waals surface area contributed by atoms with Crippen molar-refractivity contribution in [1.82, 2.24) is 5.32 Å². The minimum Gasteiger partial charge on any atom is -0.381 e. The highest BCUT2D eigenvalue weighted by Crippen LogP contribution is 2.27. The van der Waals surface area contributed by atoms with Crippen LogP contribution in [0.2, 0.25) is 0 Å². The summed E-state index contributed by atoms with van der Waals surface area (Å²) in [6.07, 6.45) is 2.94. The Bertz CT molecular complexity index is 336. The zero-order chi connectivity index (χ0) is 12.3. The van der Waals surface area contributed by atoms with Gasteiger partial charge in [0.2, 0.25) is 0 Å². The van der Waals surface area contributed by atoms with Gasteiger partial charge in [0.1, 0.15) is 0 Å². The van der Waals surface area contributed by atoms with Crippen LogP contribution < -0.4 is 5.32 Å². The second-order valence-electron chi connectivity index (χ2n) is 5.29. The lowest BCUT2D eigenvalue weighted by molar-refractivity contribution is 0.172. The van der Waals surface area contributed by atoms with E-state index in [1.54, 1.807) is 0 Å². The van der Waals surface area contributed by atoms with Gasteiger partial charge in [0.05, 0.1) is 18.1 Å². The Balaban J connectivity index is 1.89. The highest BCUT2D eigenvalue weighted by molar-refractivity contribution is 7.91. The van der Waals surface area contributed by atoms with E-state index in [0.29, 0.717) is 29.4 Å². The Hall–Kier alpha value is -0.130. The normalized spacial score (nSPS) is 33.9. The molecule has 0 aromatic rings. The first-order valence-electron chi connectivity index (χ1n) is 6.62. The number of rotatable bonds is 5. The van der Waals surface area contributed by atoms with Crippen molar-refractivity contribution >= 4 is 9.84 Å². The Kier molecular flexibility index (Phi) is 4.44. The maximum atomic E-state index is 11.5. The van der Waals surface area contributed by atoms with Gasteiger partial charge in [-0.15, -0.1) is 0 Å². The van der Waals surface area contributed by atoms with Crippen LogP contribution in [0.3, 0.4) is 0 Å². The third-order valence-corrected chi connectivity index (χ3v) is 5.75. The van der Waals surface area contributed by atoms with Crippen LogP contribution in [-0.4, -0.2) is 45.7 Å². The molecule has 0 bridgehead atoms. The molecule has 2 rings (SSSR count). The van der Waals surface area contributed by atoms with E-state index in [0.717, 1.165) is 39.0 Å². The summed E-state index contributed by atoms with van der Waals surface area (Å²) in [7, 11) is -2.74. The summed E-state index contributed by atoms with van der Waals surface area (Å²) >= 11 is 0. The molecule has 100 valence electrons. The second-order valence-corrected chi connectivity index (χ2v) is 7.52. The summed E-state index contributed by atoms with van der Waals surface area (Å²) < 4.78 is 28.3. The number of hydrogen-bond acceptors (Lipinski definition) is 4. The lowest BCUT2D eigenvalue weighted by atomic mass is 9.89. The maximum Gasteiger partial charge on any atom is 0.150 e. The van der Waals surface area contributed by atoms with Crippen LogP contribution in [0, 0.1) is 11.8 Å². The topological polar surface area (TPSA) is 55.4 Å². The molecule has 0 amide bonds. The fourth-order valence-corrected chi connectivity index (χ4v) is 4.87. The molecule has 3 atom stereocenters. The van der Waals surface area contributed by atoms with Crippen molar-refractivity contribution in [3.05, 3.63) is 0 Å². The maximum absolute atomic E-state index is 11.5. The quantitative estimate of drug-likeness (QED) is 0.796. The predicted molar refractivity (Wildman–Crippen MR) is 67.8 cm³/mol. The molecular formula is C12H23NO3S. The highest BCUT2D eigenvalue weighted by Gasteiger charge is 2.33. The van der Waals surface area contributed by atoms with E-state index < -0.39 is 9.84 Å². The zero-order valence-corrected chi connectivity index (χ0v) is 11.3. The van der Waals surface area contributed by atoms with E-state index >= 15 is 0 Å². The summed E-state index contributed by atoms with van der Waals surface area (Å²) in [5.74, 6) is 1.70. The third kappa shape index (κ3) is 3.66. The molecule has 0 saturated carbocycles. The lowest BCUT2D eigenvalue weighted by Gasteiger charge is -2.25. The predicted octanol–water partition coefficient (Wildman–Crippen LogP) is 0.826. The number of ether oxygens (including phenoxy) is 1. The first kappa shape index (κ1) is 13.3. The molecule has 5 heteroatoms. The largest absolute Gasteiger partial charge is 0.381 e. The van der Waals surface area contributed by atoms with Crippen molar-refractivity contribution in [3.8, 4) is 0 Å². The Morgan fingerprint density at radius 1 is 1.41 bits per heavy atom. The smallest absolute Gasteiger partial charge is 0.150 e. The Labute approximate surface area is 104 Å². The van der Waals surface area contributed by atoms with Gasteiger partial charge in [0.15, 0.2) is 9.84 Å². The number of sulfone groups is 1. The first-order chi connectivity index (χ1) is 8.11. The SMILES string of the molecule is CCNC(CC1CCS(=O)(=O)C1)C1CCOC1. The van der Waals surface area contributed by atoms with Gasteiger partial charge in [-0.1, -0.05) is 6.92 Å². The van der Waals surface area contributed by atoms with Crippen molar-refractivity contribution in [2.45, 2.75) is 32.2 Å². The molecule has 1 N–H and O–H groups in total. The van der Waals surface area contributed by atoms with E-state index in [1.807, 2.05) is 0 Å². The van der Waals surface area contributed by atoms with Gasteiger partial charge in [-0.25, -0.2) is 8.42 Å². The van der Waals surface area contributed by atoms with E-state index in [2.05, 4.69) is 12.2 Å². The third-order valence-electron chi connectivity index (χ3n) is 3.91. The van der Waals surface area contributed by atoms with Crippen LogP contribution >= 0.6 is 0 Å². The van der Waals surface area contributed by atoms with Crippen LogP contribution in [0.25, 0.3) is 0 Å². The van der Waals surface area contributed by atoms with Gasteiger partial charge in [-0.3, -0.25) is 0 Å².